The minimum absolute atomic E-state index is 0.0344. The molecule has 2 aromatic carbocycles. The Morgan fingerprint density at radius 2 is 1.76 bits per heavy atom. The molecule has 0 aliphatic carbocycles. The van der Waals surface area contributed by atoms with Crippen LogP contribution in [-0.4, -0.2) is 10.5 Å². The van der Waals surface area contributed by atoms with E-state index in [1.165, 1.54) is 5.56 Å². The number of benzene rings is 2. The highest BCUT2D eigenvalue weighted by molar-refractivity contribution is 5.94. The van der Waals surface area contributed by atoms with Gasteiger partial charge in [-0.1, -0.05) is 55.5 Å². The van der Waals surface area contributed by atoms with Crippen LogP contribution in [0.3, 0.4) is 0 Å². The van der Waals surface area contributed by atoms with Crippen LogP contribution in [0.15, 0.2) is 60.7 Å². The normalized spacial score (nSPS) is 10.7. The molecule has 0 aliphatic heterocycles. The largest absolute Gasteiger partial charge is 0.323 e. The first kappa shape index (κ1) is 13.4. The number of hydrogen-bond acceptors (Lipinski definition) is 1. The van der Waals surface area contributed by atoms with Gasteiger partial charge in [-0.2, -0.15) is 0 Å². The second kappa shape index (κ2) is 5.83. The third-order valence-electron chi connectivity index (χ3n) is 3.58. The van der Waals surface area contributed by atoms with Crippen LogP contribution in [-0.2, 0) is 11.3 Å². The van der Waals surface area contributed by atoms with Crippen molar-refractivity contribution in [3.8, 4) is 0 Å². The van der Waals surface area contributed by atoms with Crippen LogP contribution in [0.4, 0.5) is 5.82 Å². The van der Waals surface area contributed by atoms with E-state index in [4.69, 9.17) is 0 Å². The smallest absolute Gasteiger partial charge is 0.225 e. The van der Waals surface area contributed by atoms with E-state index in [2.05, 4.69) is 34.1 Å². The van der Waals surface area contributed by atoms with Crippen LogP contribution in [0.25, 0.3) is 10.9 Å². The van der Waals surface area contributed by atoms with Gasteiger partial charge >= 0.3 is 0 Å². The predicted molar refractivity (Wildman–Crippen MR) is 86.4 cm³/mol. The van der Waals surface area contributed by atoms with Crippen LogP contribution in [0.1, 0.15) is 18.9 Å². The van der Waals surface area contributed by atoms with Crippen molar-refractivity contribution in [3.05, 3.63) is 66.2 Å². The average Bonchev–Trinajstić information content (AvgIpc) is 2.86. The topological polar surface area (TPSA) is 34.0 Å². The number of nitrogens with one attached hydrogen (secondary N) is 1. The summed E-state index contributed by atoms with van der Waals surface area (Å²) in [6, 6.07) is 20.5. The maximum absolute atomic E-state index is 11.7. The Morgan fingerprint density at radius 1 is 1.05 bits per heavy atom. The molecule has 1 amide bonds. The first-order valence-corrected chi connectivity index (χ1v) is 7.20. The van der Waals surface area contributed by atoms with E-state index in [-0.39, 0.29) is 5.91 Å². The lowest BCUT2D eigenvalue weighted by molar-refractivity contribution is -0.115. The molecule has 3 heteroatoms. The zero-order chi connectivity index (χ0) is 14.7. The summed E-state index contributed by atoms with van der Waals surface area (Å²) in [4.78, 5) is 11.7. The highest BCUT2D eigenvalue weighted by atomic mass is 16.1. The van der Waals surface area contributed by atoms with Gasteiger partial charge < -0.3 is 9.88 Å². The van der Waals surface area contributed by atoms with Crippen molar-refractivity contribution in [2.24, 2.45) is 0 Å². The molecule has 1 aromatic heterocycles. The van der Waals surface area contributed by atoms with Crippen molar-refractivity contribution in [3.63, 3.8) is 0 Å². The van der Waals surface area contributed by atoms with Crippen LogP contribution >= 0.6 is 0 Å². The maximum Gasteiger partial charge on any atom is 0.225 e. The molecule has 1 N–H and O–H groups in total. The lowest BCUT2D eigenvalue weighted by atomic mass is 10.2. The summed E-state index contributed by atoms with van der Waals surface area (Å²) >= 11 is 0. The van der Waals surface area contributed by atoms with Gasteiger partial charge in [-0.3, -0.25) is 4.79 Å². The number of anilines is 1. The Labute approximate surface area is 124 Å². The fourth-order valence-electron chi connectivity index (χ4n) is 2.48. The molecule has 0 atom stereocenters. The number of nitrogens with zero attached hydrogens (tertiary/aromatic N) is 1. The van der Waals surface area contributed by atoms with Crippen molar-refractivity contribution in [1.82, 2.24) is 4.57 Å². The number of fused-ring (bicyclic) bond motifs is 1. The molecule has 3 rings (SSSR count). The molecular weight excluding hydrogens is 260 g/mol. The molecule has 0 unspecified atom stereocenters. The SMILES string of the molecule is CCC(=O)Nc1cc2ccccc2n1Cc1ccccc1. The third kappa shape index (κ3) is 2.82. The number of hydrogen-bond donors (Lipinski definition) is 1. The highest BCUT2D eigenvalue weighted by Crippen LogP contribution is 2.25. The molecule has 0 saturated carbocycles. The molecule has 0 bridgehead atoms. The first-order chi connectivity index (χ1) is 10.3. The maximum atomic E-state index is 11.7. The van der Waals surface area contributed by atoms with Crippen molar-refractivity contribution >= 4 is 22.6 Å². The van der Waals surface area contributed by atoms with E-state index in [0.29, 0.717) is 6.42 Å². The number of aromatic nitrogens is 1. The molecule has 0 fully saturated rings. The van der Waals surface area contributed by atoms with Crippen LogP contribution in [0.2, 0.25) is 0 Å². The van der Waals surface area contributed by atoms with Gasteiger partial charge in [0.05, 0.1) is 5.52 Å². The van der Waals surface area contributed by atoms with E-state index in [1.807, 2.05) is 43.3 Å². The van der Waals surface area contributed by atoms with E-state index in [1.54, 1.807) is 0 Å². The molecule has 3 aromatic rings. The summed E-state index contributed by atoms with van der Waals surface area (Å²) < 4.78 is 2.15. The fraction of sp³-hybridized carbons (Fsp3) is 0.167. The van der Waals surface area contributed by atoms with Crippen molar-refractivity contribution in [2.45, 2.75) is 19.9 Å². The molecule has 0 aliphatic rings. The fourth-order valence-corrected chi connectivity index (χ4v) is 2.48. The van der Waals surface area contributed by atoms with E-state index < -0.39 is 0 Å². The molecule has 106 valence electrons. The summed E-state index contributed by atoms with van der Waals surface area (Å²) in [5.74, 6) is 0.888. The minimum Gasteiger partial charge on any atom is -0.323 e. The Morgan fingerprint density at radius 3 is 2.52 bits per heavy atom. The Bertz CT molecular complexity index is 759. The Hall–Kier alpha value is -2.55. The molecule has 1 heterocycles. The monoisotopic (exact) mass is 278 g/mol. The Balaban J connectivity index is 2.05. The van der Waals surface area contributed by atoms with Crippen LogP contribution in [0.5, 0.6) is 0 Å². The van der Waals surface area contributed by atoms with E-state index in [9.17, 15) is 4.79 Å². The second-order valence-electron chi connectivity index (χ2n) is 5.06. The number of rotatable bonds is 4. The summed E-state index contributed by atoms with van der Waals surface area (Å²) in [7, 11) is 0. The van der Waals surface area contributed by atoms with Gasteiger partial charge in [0.2, 0.25) is 5.91 Å². The van der Waals surface area contributed by atoms with Gasteiger partial charge in [0, 0.05) is 18.4 Å². The summed E-state index contributed by atoms with van der Waals surface area (Å²) in [6.45, 7) is 2.60. The Kier molecular flexibility index (Phi) is 3.73. The number of carbonyl (C=O) groups is 1. The minimum atomic E-state index is 0.0344. The number of carbonyl (C=O) groups excluding carboxylic acids is 1. The number of para-hydroxylation sites is 1. The van der Waals surface area contributed by atoms with Crippen molar-refractivity contribution < 1.29 is 4.79 Å². The summed E-state index contributed by atoms with van der Waals surface area (Å²) in [5, 5.41) is 4.13. The first-order valence-electron chi connectivity index (χ1n) is 7.20. The van der Waals surface area contributed by atoms with E-state index in [0.717, 1.165) is 23.3 Å². The summed E-state index contributed by atoms with van der Waals surface area (Å²) in [6.07, 6.45) is 0.479. The molecular formula is C18H18N2O. The van der Waals surface area contributed by atoms with Crippen LogP contribution < -0.4 is 5.32 Å². The molecule has 0 saturated heterocycles. The van der Waals surface area contributed by atoms with Crippen molar-refractivity contribution in [1.29, 1.82) is 0 Å². The van der Waals surface area contributed by atoms with Gasteiger partial charge in [-0.25, -0.2) is 0 Å². The third-order valence-corrected chi connectivity index (χ3v) is 3.58. The standard InChI is InChI=1S/C18H18N2O/c1-2-18(21)19-17-12-15-10-6-7-11-16(15)20(17)13-14-8-4-3-5-9-14/h3-12H,2,13H2,1H3,(H,19,21). The van der Waals surface area contributed by atoms with Crippen molar-refractivity contribution in [2.75, 3.05) is 5.32 Å². The van der Waals surface area contributed by atoms with Gasteiger partial charge in [-0.15, -0.1) is 0 Å². The van der Waals surface area contributed by atoms with Gasteiger partial charge in [-0.05, 0) is 17.7 Å². The average molecular weight is 278 g/mol. The van der Waals surface area contributed by atoms with Gasteiger partial charge in [0.15, 0.2) is 0 Å². The summed E-state index contributed by atoms with van der Waals surface area (Å²) in [5.41, 5.74) is 2.35. The number of amides is 1. The van der Waals surface area contributed by atoms with Crippen LogP contribution in [0, 0.1) is 0 Å². The molecule has 21 heavy (non-hydrogen) atoms. The molecule has 0 radical (unpaired) electrons. The van der Waals surface area contributed by atoms with Gasteiger partial charge in [0.25, 0.3) is 0 Å². The second-order valence-corrected chi connectivity index (χ2v) is 5.06. The predicted octanol–water partition coefficient (Wildman–Crippen LogP) is 4.04. The van der Waals surface area contributed by atoms with E-state index >= 15 is 0 Å². The van der Waals surface area contributed by atoms with Gasteiger partial charge in [0.1, 0.15) is 5.82 Å². The zero-order valence-electron chi connectivity index (χ0n) is 12.0. The quantitative estimate of drug-likeness (QED) is 0.768. The zero-order valence-corrected chi connectivity index (χ0v) is 12.0. The highest BCUT2D eigenvalue weighted by Gasteiger charge is 2.10. The lowest BCUT2D eigenvalue weighted by Gasteiger charge is -2.11. The molecule has 0 spiro atoms. The molecule has 3 nitrogen and oxygen atoms in total. The lowest BCUT2D eigenvalue weighted by Crippen LogP contribution is -2.14.